The van der Waals surface area contributed by atoms with E-state index in [0.29, 0.717) is 18.8 Å². The van der Waals surface area contributed by atoms with Gasteiger partial charge in [0.2, 0.25) is 10.0 Å². The van der Waals surface area contributed by atoms with E-state index in [1.807, 2.05) is 0 Å². The molecule has 0 spiro atoms. The highest BCUT2D eigenvalue weighted by molar-refractivity contribution is 7.89. The third-order valence-electron chi connectivity index (χ3n) is 4.40. The molecule has 1 amide bonds. The Morgan fingerprint density at radius 1 is 1.07 bits per heavy atom. The van der Waals surface area contributed by atoms with Crippen molar-refractivity contribution in [3.05, 3.63) is 54.1 Å². The molecule has 1 N–H and O–H groups in total. The van der Waals surface area contributed by atoms with Crippen molar-refractivity contribution in [3.63, 3.8) is 0 Å². The minimum Gasteiger partial charge on any atom is -0.481 e. The van der Waals surface area contributed by atoms with Gasteiger partial charge in [0.05, 0.1) is 4.90 Å². The number of nitrogens with one attached hydrogen (secondary N) is 1. The second-order valence-corrected chi connectivity index (χ2v) is 8.40. The van der Waals surface area contributed by atoms with Crippen LogP contribution in [0.3, 0.4) is 0 Å². The molecular formula is C19H20F2N2O4S. The molecule has 9 heteroatoms. The Kier molecular flexibility index (Phi) is 5.95. The number of hydrogen-bond acceptors (Lipinski definition) is 4. The predicted molar refractivity (Wildman–Crippen MR) is 99.5 cm³/mol. The van der Waals surface area contributed by atoms with Crippen LogP contribution in [0.5, 0.6) is 5.75 Å². The molecule has 1 heterocycles. The van der Waals surface area contributed by atoms with Gasteiger partial charge in [-0.25, -0.2) is 17.2 Å². The summed E-state index contributed by atoms with van der Waals surface area (Å²) in [6, 6.07) is 8.84. The Morgan fingerprint density at radius 3 is 2.32 bits per heavy atom. The normalized spacial score (nSPS) is 16.0. The predicted octanol–water partition coefficient (Wildman–Crippen LogP) is 3.16. The molecule has 0 unspecified atom stereocenters. The van der Waals surface area contributed by atoms with Gasteiger partial charge in [0.15, 0.2) is 17.7 Å². The number of carbonyl (C=O) groups is 1. The summed E-state index contributed by atoms with van der Waals surface area (Å²) in [5.74, 6) is -2.57. The van der Waals surface area contributed by atoms with Gasteiger partial charge in [-0.2, -0.15) is 4.31 Å². The van der Waals surface area contributed by atoms with E-state index in [1.54, 1.807) is 0 Å². The molecule has 0 saturated carbocycles. The summed E-state index contributed by atoms with van der Waals surface area (Å²) in [4.78, 5) is 12.4. The Hall–Kier alpha value is -2.52. The average Bonchev–Trinajstić information content (AvgIpc) is 3.21. The topological polar surface area (TPSA) is 75.7 Å². The summed E-state index contributed by atoms with van der Waals surface area (Å²) in [7, 11) is -3.52. The van der Waals surface area contributed by atoms with E-state index in [9.17, 15) is 22.0 Å². The van der Waals surface area contributed by atoms with E-state index in [2.05, 4.69) is 5.32 Å². The minimum absolute atomic E-state index is 0.0219. The number of anilines is 1. The first kappa shape index (κ1) is 20.2. The van der Waals surface area contributed by atoms with Gasteiger partial charge in [-0.3, -0.25) is 4.79 Å². The number of carbonyl (C=O) groups excluding carboxylic acids is 1. The van der Waals surface area contributed by atoms with Gasteiger partial charge in [0.1, 0.15) is 5.75 Å². The first-order chi connectivity index (χ1) is 13.3. The van der Waals surface area contributed by atoms with Crippen LogP contribution < -0.4 is 10.1 Å². The number of hydrogen-bond donors (Lipinski definition) is 1. The summed E-state index contributed by atoms with van der Waals surface area (Å²) in [5.41, 5.74) is 0.395. The second-order valence-electron chi connectivity index (χ2n) is 6.46. The van der Waals surface area contributed by atoms with E-state index >= 15 is 0 Å². The van der Waals surface area contributed by atoms with Crippen LogP contribution in [0.1, 0.15) is 19.8 Å². The van der Waals surface area contributed by atoms with E-state index in [0.717, 1.165) is 25.0 Å². The molecule has 6 nitrogen and oxygen atoms in total. The van der Waals surface area contributed by atoms with E-state index in [1.165, 1.54) is 41.6 Å². The van der Waals surface area contributed by atoms with Gasteiger partial charge in [0.25, 0.3) is 5.91 Å². The maximum absolute atomic E-state index is 13.2. The van der Waals surface area contributed by atoms with Crippen LogP contribution in [0.2, 0.25) is 0 Å². The Bertz CT molecular complexity index is 958. The van der Waals surface area contributed by atoms with Crippen molar-refractivity contribution < 1.29 is 26.7 Å². The highest BCUT2D eigenvalue weighted by atomic mass is 32.2. The fraction of sp³-hybridized carbons (Fsp3) is 0.316. The summed E-state index contributed by atoms with van der Waals surface area (Å²) in [6.45, 7) is 2.49. The molecule has 3 rings (SSSR count). The monoisotopic (exact) mass is 410 g/mol. The lowest BCUT2D eigenvalue weighted by atomic mass is 10.3. The van der Waals surface area contributed by atoms with Crippen LogP contribution in [0, 0.1) is 11.6 Å². The van der Waals surface area contributed by atoms with Crippen molar-refractivity contribution in [2.45, 2.75) is 30.8 Å². The SMILES string of the molecule is C[C@H](Oc1ccc(F)c(F)c1)C(=O)Nc1ccc(S(=O)(=O)N2CCCC2)cc1. The van der Waals surface area contributed by atoms with Crippen molar-refractivity contribution >= 4 is 21.6 Å². The highest BCUT2D eigenvalue weighted by Crippen LogP contribution is 2.22. The smallest absolute Gasteiger partial charge is 0.265 e. The number of amides is 1. The molecule has 1 aliphatic rings. The largest absolute Gasteiger partial charge is 0.481 e. The fourth-order valence-electron chi connectivity index (χ4n) is 2.84. The first-order valence-corrected chi connectivity index (χ1v) is 10.2. The van der Waals surface area contributed by atoms with Crippen molar-refractivity contribution in [1.82, 2.24) is 4.31 Å². The maximum atomic E-state index is 13.2. The highest BCUT2D eigenvalue weighted by Gasteiger charge is 2.27. The van der Waals surface area contributed by atoms with Crippen molar-refractivity contribution in [3.8, 4) is 5.75 Å². The number of nitrogens with zero attached hydrogens (tertiary/aromatic N) is 1. The molecular weight excluding hydrogens is 390 g/mol. The van der Waals surface area contributed by atoms with Crippen LogP contribution in [0.25, 0.3) is 0 Å². The first-order valence-electron chi connectivity index (χ1n) is 8.80. The van der Waals surface area contributed by atoms with Crippen LogP contribution in [0.15, 0.2) is 47.4 Å². The van der Waals surface area contributed by atoms with Gasteiger partial charge >= 0.3 is 0 Å². The number of rotatable bonds is 6. The zero-order chi connectivity index (χ0) is 20.3. The Balaban J connectivity index is 1.62. The number of halogens is 2. The zero-order valence-corrected chi connectivity index (χ0v) is 16.0. The maximum Gasteiger partial charge on any atom is 0.265 e. The van der Waals surface area contributed by atoms with Crippen molar-refractivity contribution in [2.24, 2.45) is 0 Å². The molecule has 2 aromatic carbocycles. The Labute approximate surface area is 162 Å². The minimum atomic E-state index is -3.52. The summed E-state index contributed by atoms with van der Waals surface area (Å²) >= 11 is 0. The third kappa shape index (κ3) is 4.48. The number of benzene rings is 2. The standard InChI is InChI=1S/C19H20F2N2O4S/c1-13(27-15-6-9-17(20)18(21)12-15)19(24)22-14-4-7-16(8-5-14)28(25,26)23-10-2-3-11-23/h4-9,12-13H,2-3,10-11H2,1H3,(H,22,24)/t13-/m0/s1. The lowest BCUT2D eigenvalue weighted by Gasteiger charge is -2.17. The molecule has 1 saturated heterocycles. The molecule has 2 aromatic rings. The molecule has 1 atom stereocenters. The fourth-order valence-corrected chi connectivity index (χ4v) is 4.36. The quantitative estimate of drug-likeness (QED) is 0.794. The molecule has 150 valence electrons. The van der Waals surface area contributed by atoms with Crippen molar-refractivity contribution in [2.75, 3.05) is 18.4 Å². The van der Waals surface area contributed by atoms with E-state index < -0.39 is 33.7 Å². The molecule has 1 fully saturated rings. The molecule has 0 aliphatic carbocycles. The molecule has 0 aromatic heterocycles. The van der Waals surface area contributed by atoms with Crippen LogP contribution >= 0.6 is 0 Å². The van der Waals surface area contributed by atoms with Crippen molar-refractivity contribution in [1.29, 1.82) is 0 Å². The molecule has 28 heavy (non-hydrogen) atoms. The van der Waals surface area contributed by atoms with Gasteiger partial charge in [0, 0.05) is 24.8 Å². The van der Waals surface area contributed by atoms with Gasteiger partial charge in [-0.1, -0.05) is 0 Å². The lowest BCUT2D eigenvalue weighted by Crippen LogP contribution is -2.30. The average molecular weight is 410 g/mol. The summed E-state index contributed by atoms with van der Waals surface area (Å²) in [6.07, 6.45) is 0.727. The van der Waals surface area contributed by atoms with Gasteiger partial charge in [-0.15, -0.1) is 0 Å². The molecule has 0 radical (unpaired) electrons. The van der Waals surface area contributed by atoms with E-state index in [-0.39, 0.29) is 10.6 Å². The molecule has 1 aliphatic heterocycles. The Morgan fingerprint density at radius 2 is 1.71 bits per heavy atom. The molecule has 0 bridgehead atoms. The van der Waals surface area contributed by atoms with Crippen LogP contribution in [-0.4, -0.2) is 37.8 Å². The second kappa shape index (κ2) is 8.24. The lowest BCUT2D eigenvalue weighted by molar-refractivity contribution is -0.122. The summed E-state index contributed by atoms with van der Waals surface area (Å²) in [5, 5.41) is 2.60. The summed E-state index contributed by atoms with van der Waals surface area (Å²) < 4.78 is 57.9. The van der Waals surface area contributed by atoms with Crippen LogP contribution in [0.4, 0.5) is 14.5 Å². The van der Waals surface area contributed by atoms with Crippen LogP contribution in [-0.2, 0) is 14.8 Å². The van der Waals surface area contributed by atoms with Gasteiger partial charge < -0.3 is 10.1 Å². The number of sulfonamides is 1. The zero-order valence-electron chi connectivity index (χ0n) is 15.2. The number of ether oxygens (including phenoxy) is 1. The van der Waals surface area contributed by atoms with Gasteiger partial charge in [-0.05, 0) is 56.2 Å². The third-order valence-corrected chi connectivity index (χ3v) is 6.31. The van der Waals surface area contributed by atoms with E-state index in [4.69, 9.17) is 4.74 Å².